The van der Waals surface area contributed by atoms with Gasteiger partial charge < -0.3 is 15.1 Å². The van der Waals surface area contributed by atoms with Gasteiger partial charge in [0.05, 0.1) is 11.9 Å². The average Bonchev–Trinajstić information content (AvgIpc) is 3.09. The van der Waals surface area contributed by atoms with Crippen LogP contribution in [0.1, 0.15) is 79.6 Å². The Bertz CT molecular complexity index is 880. The van der Waals surface area contributed by atoms with Crippen LogP contribution in [-0.2, 0) is 4.79 Å². The summed E-state index contributed by atoms with van der Waals surface area (Å²) >= 11 is 1.23. The number of carbonyl (C=O) groups excluding carboxylic acids is 1. The molecule has 1 amide bonds. The van der Waals surface area contributed by atoms with Crippen LogP contribution in [0.2, 0.25) is 0 Å². The number of amides is 1. The minimum atomic E-state index is -1.18. The number of hydrogen-bond acceptors (Lipinski definition) is 4. The summed E-state index contributed by atoms with van der Waals surface area (Å²) in [5.41, 5.74) is 4.66. The lowest BCUT2D eigenvalue weighted by molar-refractivity contribution is -0.131. The van der Waals surface area contributed by atoms with E-state index in [4.69, 9.17) is 0 Å². The lowest BCUT2D eigenvalue weighted by Crippen LogP contribution is -2.44. The average molecular weight is 474 g/mol. The van der Waals surface area contributed by atoms with Crippen LogP contribution < -0.4 is 0 Å². The molecule has 0 heterocycles. The van der Waals surface area contributed by atoms with Crippen LogP contribution in [0.15, 0.2) is 47.1 Å². The molecule has 3 aliphatic rings. The summed E-state index contributed by atoms with van der Waals surface area (Å²) in [7, 11) is 1.79. The van der Waals surface area contributed by atoms with E-state index >= 15 is 0 Å². The minimum absolute atomic E-state index is 0.0191. The topological polar surface area (TPSA) is 60.8 Å². The monoisotopic (exact) mass is 473 g/mol. The third kappa shape index (κ3) is 5.52. The molecule has 2 N–H and O–H groups in total. The van der Waals surface area contributed by atoms with E-state index < -0.39 is 11.0 Å². The second kappa shape index (κ2) is 9.75. The van der Waals surface area contributed by atoms with E-state index in [1.165, 1.54) is 30.2 Å². The molecule has 0 saturated heterocycles. The SMILES string of the molecule is C=C1C(=CC=C2CCC[C@]3(C)C(CC)=CCC23)CC(O)(SCC(=O)N(C)C(C)(C)C)C[C@@H]1O. The number of aliphatic hydroxyl groups excluding tert-OH is 1. The molecule has 0 radical (unpaired) electrons. The molecule has 184 valence electrons. The maximum Gasteiger partial charge on any atom is 0.232 e. The van der Waals surface area contributed by atoms with Gasteiger partial charge in [0.2, 0.25) is 5.91 Å². The molecule has 2 saturated carbocycles. The third-order valence-corrected chi connectivity index (χ3v) is 9.47. The predicted molar refractivity (Wildman–Crippen MR) is 139 cm³/mol. The van der Waals surface area contributed by atoms with Gasteiger partial charge in [-0.2, -0.15) is 0 Å². The van der Waals surface area contributed by atoms with Crippen LogP contribution in [0.4, 0.5) is 0 Å². The van der Waals surface area contributed by atoms with Crippen molar-refractivity contribution in [2.45, 2.75) is 96.1 Å². The Morgan fingerprint density at radius 2 is 2.06 bits per heavy atom. The van der Waals surface area contributed by atoms with Gasteiger partial charge in [-0.05, 0) is 75.4 Å². The predicted octanol–water partition coefficient (Wildman–Crippen LogP) is 5.78. The number of allylic oxidation sites excluding steroid dienone is 5. The second-order valence-corrected chi connectivity index (χ2v) is 12.7. The van der Waals surface area contributed by atoms with Gasteiger partial charge in [0.15, 0.2) is 0 Å². The second-order valence-electron chi connectivity index (χ2n) is 11.4. The summed E-state index contributed by atoms with van der Waals surface area (Å²) in [5, 5.41) is 21.9. The summed E-state index contributed by atoms with van der Waals surface area (Å²) in [5.74, 6) is 0.719. The van der Waals surface area contributed by atoms with E-state index in [1.54, 1.807) is 17.5 Å². The fraction of sp³-hybridized carbons (Fsp3) is 0.679. The normalized spacial score (nSPS) is 35.0. The lowest BCUT2D eigenvalue weighted by atomic mass is 9.64. The molecule has 0 spiro atoms. The number of hydrogen-bond donors (Lipinski definition) is 2. The van der Waals surface area contributed by atoms with Crippen molar-refractivity contribution in [3.05, 3.63) is 47.1 Å². The van der Waals surface area contributed by atoms with Gasteiger partial charge in [0.25, 0.3) is 0 Å². The molecule has 5 heteroatoms. The first-order chi connectivity index (χ1) is 15.3. The first kappa shape index (κ1) is 26.3. The van der Waals surface area contributed by atoms with E-state index in [0.29, 0.717) is 17.9 Å². The van der Waals surface area contributed by atoms with E-state index in [-0.39, 0.29) is 29.0 Å². The largest absolute Gasteiger partial charge is 0.388 e. The van der Waals surface area contributed by atoms with Crippen molar-refractivity contribution in [2.75, 3.05) is 12.8 Å². The Hall–Kier alpha value is -1.30. The summed E-state index contributed by atoms with van der Waals surface area (Å²) < 4.78 is 0. The standard InChI is InChI=1S/C28H43NO3S/c1-8-22-13-14-23-20(10-9-15-27(22,23)6)11-12-21-16-28(32,17-24(30)19(21)2)33-18-25(31)29(7)26(3,4)5/h11-13,23-24,30,32H,2,8-10,14-18H2,1,3-7H3/t23?,24-,27+,28?/m0/s1. The highest BCUT2D eigenvalue weighted by Gasteiger charge is 2.44. The van der Waals surface area contributed by atoms with E-state index in [1.807, 2.05) is 20.8 Å². The molecular formula is C28H43NO3S. The van der Waals surface area contributed by atoms with Gasteiger partial charge in [0, 0.05) is 25.4 Å². The molecule has 0 aromatic rings. The van der Waals surface area contributed by atoms with E-state index in [0.717, 1.165) is 24.8 Å². The Balaban J connectivity index is 1.75. The van der Waals surface area contributed by atoms with Gasteiger partial charge >= 0.3 is 0 Å². The summed E-state index contributed by atoms with van der Waals surface area (Å²) in [6, 6.07) is 0. The number of nitrogens with zero attached hydrogens (tertiary/aromatic N) is 1. The molecule has 2 unspecified atom stereocenters. The van der Waals surface area contributed by atoms with Crippen molar-refractivity contribution in [3.8, 4) is 0 Å². The van der Waals surface area contributed by atoms with Gasteiger partial charge in [-0.25, -0.2) is 0 Å². The van der Waals surface area contributed by atoms with Crippen LogP contribution in [0.5, 0.6) is 0 Å². The molecule has 0 aromatic carbocycles. The van der Waals surface area contributed by atoms with Gasteiger partial charge in [-0.1, -0.05) is 49.8 Å². The third-order valence-electron chi connectivity index (χ3n) is 8.23. The quantitative estimate of drug-likeness (QED) is 0.393. The Kier molecular flexibility index (Phi) is 7.77. The van der Waals surface area contributed by atoms with Crippen molar-refractivity contribution < 1.29 is 15.0 Å². The summed E-state index contributed by atoms with van der Waals surface area (Å²) in [6.45, 7) is 14.8. The molecule has 3 aliphatic carbocycles. The van der Waals surface area contributed by atoms with Gasteiger partial charge in [0.1, 0.15) is 4.93 Å². The molecule has 3 rings (SSSR count). The Labute approximate surface area is 204 Å². The first-order valence-corrected chi connectivity index (χ1v) is 13.4. The number of thioether (sulfide) groups is 1. The van der Waals surface area contributed by atoms with Crippen molar-refractivity contribution in [3.63, 3.8) is 0 Å². The van der Waals surface area contributed by atoms with E-state index in [9.17, 15) is 15.0 Å². The van der Waals surface area contributed by atoms with Crippen molar-refractivity contribution in [1.29, 1.82) is 0 Å². The van der Waals surface area contributed by atoms with Crippen molar-refractivity contribution in [2.24, 2.45) is 11.3 Å². The molecule has 4 nitrogen and oxygen atoms in total. The number of rotatable bonds is 5. The number of carbonyl (C=O) groups is 1. The highest BCUT2D eigenvalue weighted by Crippen LogP contribution is 2.55. The molecular weight excluding hydrogens is 430 g/mol. The number of fused-ring (bicyclic) bond motifs is 1. The van der Waals surface area contributed by atoms with Crippen molar-refractivity contribution >= 4 is 17.7 Å². The molecule has 2 fully saturated rings. The molecule has 0 aromatic heterocycles. The molecule has 33 heavy (non-hydrogen) atoms. The van der Waals surface area contributed by atoms with Crippen molar-refractivity contribution in [1.82, 2.24) is 4.90 Å². The van der Waals surface area contributed by atoms with Crippen LogP contribution in [0, 0.1) is 11.3 Å². The van der Waals surface area contributed by atoms with E-state index in [2.05, 4.69) is 38.7 Å². The van der Waals surface area contributed by atoms with Crippen LogP contribution in [0.3, 0.4) is 0 Å². The maximum absolute atomic E-state index is 12.6. The van der Waals surface area contributed by atoms with Crippen LogP contribution in [0.25, 0.3) is 0 Å². The van der Waals surface area contributed by atoms with Crippen LogP contribution in [-0.4, -0.2) is 50.4 Å². The zero-order valence-electron chi connectivity index (χ0n) is 21.4. The fourth-order valence-corrected chi connectivity index (χ4v) is 6.85. The summed E-state index contributed by atoms with van der Waals surface area (Å²) in [4.78, 5) is 13.1. The Morgan fingerprint density at radius 3 is 2.70 bits per heavy atom. The highest BCUT2D eigenvalue weighted by molar-refractivity contribution is 8.01. The first-order valence-electron chi connectivity index (χ1n) is 12.4. The zero-order chi connectivity index (χ0) is 24.6. The highest BCUT2D eigenvalue weighted by atomic mass is 32.2. The molecule has 4 atom stereocenters. The molecule has 0 bridgehead atoms. The fourth-order valence-electron chi connectivity index (χ4n) is 5.73. The van der Waals surface area contributed by atoms with Gasteiger partial charge in [-0.3, -0.25) is 4.79 Å². The maximum atomic E-state index is 12.6. The molecule has 0 aliphatic heterocycles. The lowest BCUT2D eigenvalue weighted by Gasteiger charge is -2.41. The Morgan fingerprint density at radius 1 is 1.36 bits per heavy atom. The van der Waals surface area contributed by atoms with Crippen LogP contribution >= 0.6 is 11.8 Å². The summed E-state index contributed by atoms with van der Waals surface area (Å²) in [6.07, 6.45) is 12.3. The minimum Gasteiger partial charge on any atom is -0.388 e. The smallest absolute Gasteiger partial charge is 0.232 e. The number of aliphatic hydroxyl groups is 2. The zero-order valence-corrected chi connectivity index (χ0v) is 22.2. The van der Waals surface area contributed by atoms with Gasteiger partial charge in [-0.15, -0.1) is 11.8 Å².